The summed E-state index contributed by atoms with van der Waals surface area (Å²) in [5.41, 5.74) is 2.07. The Labute approximate surface area is 95.7 Å². The average molecular weight is 221 g/mol. The lowest BCUT2D eigenvalue weighted by atomic mass is 10.1. The third-order valence-electron chi connectivity index (χ3n) is 2.04. The zero-order chi connectivity index (χ0) is 11.3. The zero-order valence-electron chi connectivity index (χ0n) is 9.04. The van der Waals surface area contributed by atoms with Gasteiger partial charge in [-0.25, -0.2) is 0 Å². The molecule has 1 amide bonds. The minimum atomic E-state index is -0.0110. The molecule has 2 nitrogen and oxygen atoms in total. The van der Waals surface area contributed by atoms with Crippen LogP contribution in [0.4, 0.5) is 0 Å². The van der Waals surface area contributed by atoms with E-state index in [4.69, 9.17) is 12.2 Å². The number of carbonyl (C=O) groups excluding carboxylic acids is 1. The quantitative estimate of drug-likeness (QED) is 0.795. The van der Waals surface area contributed by atoms with Crippen LogP contribution in [0.2, 0.25) is 0 Å². The van der Waals surface area contributed by atoms with Crippen LogP contribution in [0.1, 0.15) is 30.9 Å². The van der Waals surface area contributed by atoms with E-state index in [1.54, 1.807) is 0 Å². The van der Waals surface area contributed by atoms with Crippen molar-refractivity contribution in [2.75, 3.05) is 0 Å². The lowest BCUT2D eigenvalue weighted by Gasteiger charge is -2.06. The first kappa shape index (κ1) is 11.9. The molecule has 1 rings (SSSR count). The minimum absolute atomic E-state index is 0.0110. The summed E-state index contributed by atoms with van der Waals surface area (Å²) in [6.45, 7) is 3.98. The highest BCUT2D eigenvalue weighted by Gasteiger charge is 2.04. The summed E-state index contributed by atoms with van der Waals surface area (Å²) in [5, 5.41) is 2.71. The summed E-state index contributed by atoms with van der Waals surface area (Å²) >= 11 is 5.12. The first-order valence-corrected chi connectivity index (χ1v) is 5.45. The Kier molecular flexibility index (Phi) is 4.43. The van der Waals surface area contributed by atoms with E-state index < -0.39 is 0 Å². The second kappa shape index (κ2) is 5.61. The molecule has 3 heteroatoms. The molecule has 1 N–H and O–H groups in total. The molecule has 0 bridgehead atoms. The smallest absolute Gasteiger partial charge is 0.224 e. The maximum absolute atomic E-state index is 11.3. The molecule has 0 aromatic heterocycles. The van der Waals surface area contributed by atoms with Crippen molar-refractivity contribution in [3.05, 3.63) is 35.4 Å². The lowest BCUT2D eigenvalue weighted by Crippen LogP contribution is -2.29. The summed E-state index contributed by atoms with van der Waals surface area (Å²) in [6, 6.07) is 7.80. The van der Waals surface area contributed by atoms with Crippen molar-refractivity contribution in [1.82, 2.24) is 5.32 Å². The molecule has 0 radical (unpaired) electrons. The Morgan fingerprint density at radius 3 is 2.47 bits per heavy atom. The first-order valence-electron chi connectivity index (χ1n) is 5.04. The molecule has 0 aliphatic carbocycles. The normalized spacial score (nSPS) is 9.73. The molecule has 0 atom stereocenters. The number of hydrogen-bond donors (Lipinski definition) is 1. The molecule has 0 fully saturated rings. The van der Waals surface area contributed by atoms with Crippen LogP contribution in [-0.4, -0.2) is 10.9 Å². The summed E-state index contributed by atoms with van der Waals surface area (Å²) in [6.07, 6.45) is 1.36. The molecule has 0 saturated carbocycles. The summed E-state index contributed by atoms with van der Waals surface area (Å²) in [7, 11) is 0. The number of benzene rings is 1. The topological polar surface area (TPSA) is 29.1 Å². The van der Waals surface area contributed by atoms with E-state index >= 15 is 0 Å². The van der Waals surface area contributed by atoms with Crippen LogP contribution in [-0.2, 0) is 4.79 Å². The lowest BCUT2D eigenvalue weighted by molar-refractivity contribution is -0.119. The maximum Gasteiger partial charge on any atom is 0.224 e. The van der Waals surface area contributed by atoms with Crippen molar-refractivity contribution in [1.29, 1.82) is 0 Å². The fourth-order valence-electron chi connectivity index (χ4n) is 1.19. The van der Waals surface area contributed by atoms with E-state index in [-0.39, 0.29) is 5.91 Å². The van der Waals surface area contributed by atoms with Crippen molar-refractivity contribution < 1.29 is 4.79 Å². The number of hydrogen-bond acceptors (Lipinski definition) is 2. The van der Waals surface area contributed by atoms with Crippen LogP contribution < -0.4 is 5.32 Å². The van der Waals surface area contributed by atoms with Gasteiger partial charge in [0, 0.05) is 12.0 Å². The number of rotatable bonds is 3. The Balaban J connectivity index is 2.61. The molecular formula is C12H15NOS. The molecule has 0 unspecified atom stereocenters. The fourth-order valence-corrected chi connectivity index (χ4v) is 1.44. The Morgan fingerprint density at radius 1 is 1.33 bits per heavy atom. The number of aryl methyl sites for hydroxylation is 1. The Morgan fingerprint density at radius 2 is 1.93 bits per heavy atom. The molecule has 80 valence electrons. The summed E-state index contributed by atoms with van der Waals surface area (Å²) in [5.74, 6) is -0.0110. The van der Waals surface area contributed by atoms with Gasteiger partial charge in [0.25, 0.3) is 0 Å². The van der Waals surface area contributed by atoms with Gasteiger partial charge >= 0.3 is 0 Å². The van der Waals surface area contributed by atoms with E-state index in [0.29, 0.717) is 11.4 Å². The molecule has 0 aliphatic rings. The molecule has 0 aliphatic heterocycles. The first-order chi connectivity index (χ1) is 7.13. The second-order valence-corrected chi connectivity index (χ2v) is 3.90. The predicted octanol–water partition coefficient (Wildman–Crippen LogP) is 2.59. The van der Waals surface area contributed by atoms with Gasteiger partial charge in [0.1, 0.15) is 4.99 Å². The molecule has 1 aromatic rings. The molecule has 0 saturated heterocycles. The molecule has 1 aromatic carbocycles. The van der Waals surface area contributed by atoms with Crippen molar-refractivity contribution in [3.63, 3.8) is 0 Å². The van der Waals surface area contributed by atoms with E-state index in [1.807, 2.05) is 38.1 Å². The van der Waals surface area contributed by atoms with E-state index in [1.165, 1.54) is 5.56 Å². The largest absolute Gasteiger partial charge is 0.317 e. The van der Waals surface area contributed by atoms with Gasteiger partial charge < -0.3 is 5.32 Å². The van der Waals surface area contributed by atoms with Crippen LogP contribution in [0, 0.1) is 6.92 Å². The second-order valence-electron chi connectivity index (χ2n) is 3.49. The highest BCUT2D eigenvalue weighted by atomic mass is 32.1. The third kappa shape index (κ3) is 3.80. The molecular weight excluding hydrogens is 206 g/mol. The Bertz CT molecular complexity index is 356. The van der Waals surface area contributed by atoms with Crippen molar-refractivity contribution in [2.24, 2.45) is 0 Å². The highest BCUT2D eigenvalue weighted by molar-refractivity contribution is 7.80. The predicted molar refractivity (Wildman–Crippen MR) is 65.9 cm³/mol. The Hall–Kier alpha value is -1.22. The third-order valence-corrected chi connectivity index (χ3v) is 2.38. The maximum atomic E-state index is 11.3. The number of nitrogens with one attached hydrogen (secondary N) is 1. The van der Waals surface area contributed by atoms with Gasteiger partial charge in [-0.3, -0.25) is 4.79 Å². The van der Waals surface area contributed by atoms with E-state index in [0.717, 1.165) is 12.0 Å². The van der Waals surface area contributed by atoms with Gasteiger partial charge in [0.05, 0.1) is 0 Å². The van der Waals surface area contributed by atoms with Gasteiger partial charge in [-0.05, 0) is 13.3 Å². The zero-order valence-corrected chi connectivity index (χ0v) is 9.86. The van der Waals surface area contributed by atoms with Crippen molar-refractivity contribution in [3.8, 4) is 0 Å². The molecule has 0 heterocycles. The van der Waals surface area contributed by atoms with Gasteiger partial charge in [0.15, 0.2) is 0 Å². The highest BCUT2D eigenvalue weighted by Crippen LogP contribution is 2.03. The molecule has 0 spiro atoms. The van der Waals surface area contributed by atoms with E-state index in [9.17, 15) is 4.79 Å². The van der Waals surface area contributed by atoms with Gasteiger partial charge in [-0.15, -0.1) is 0 Å². The van der Waals surface area contributed by atoms with Crippen LogP contribution in [0.25, 0.3) is 0 Å². The van der Waals surface area contributed by atoms with Crippen molar-refractivity contribution in [2.45, 2.75) is 26.7 Å². The van der Waals surface area contributed by atoms with Crippen LogP contribution >= 0.6 is 12.2 Å². The number of thiocarbonyl (C=S) groups is 1. The fraction of sp³-hybridized carbons (Fsp3) is 0.333. The minimum Gasteiger partial charge on any atom is -0.317 e. The molecule has 15 heavy (non-hydrogen) atoms. The summed E-state index contributed by atoms with van der Waals surface area (Å²) < 4.78 is 0. The standard InChI is InChI=1S/C12H15NOS/c1-3-4-11(14)13-12(15)10-7-5-9(2)6-8-10/h5-8H,3-4H2,1-2H3,(H,13,14,15). The van der Waals surface area contributed by atoms with Gasteiger partial charge in [-0.1, -0.05) is 49.0 Å². The summed E-state index contributed by atoms with van der Waals surface area (Å²) in [4.78, 5) is 11.8. The van der Waals surface area contributed by atoms with E-state index in [2.05, 4.69) is 5.32 Å². The number of carbonyl (C=O) groups is 1. The SMILES string of the molecule is CCCC(=O)NC(=S)c1ccc(C)cc1. The van der Waals surface area contributed by atoms with Crippen LogP contribution in [0.3, 0.4) is 0 Å². The van der Waals surface area contributed by atoms with Crippen LogP contribution in [0.5, 0.6) is 0 Å². The van der Waals surface area contributed by atoms with Gasteiger partial charge in [0.2, 0.25) is 5.91 Å². The van der Waals surface area contributed by atoms with Crippen molar-refractivity contribution >= 4 is 23.1 Å². The number of amides is 1. The monoisotopic (exact) mass is 221 g/mol. The van der Waals surface area contributed by atoms with Crippen LogP contribution in [0.15, 0.2) is 24.3 Å². The van der Waals surface area contributed by atoms with Gasteiger partial charge in [-0.2, -0.15) is 0 Å². The average Bonchev–Trinajstić information content (AvgIpc) is 2.18.